The van der Waals surface area contributed by atoms with Gasteiger partial charge in [-0.2, -0.15) is 0 Å². The van der Waals surface area contributed by atoms with Crippen LogP contribution in [0.2, 0.25) is 0 Å². The van der Waals surface area contributed by atoms with Crippen LogP contribution in [0.1, 0.15) is 65.7 Å². The first-order valence-corrected chi connectivity index (χ1v) is 11.9. The highest BCUT2D eigenvalue weighted by molar-refractivity contribution is 6.37. The maximum atomic E-state index is 13.3. The third-order valence-corrected chi connectivity index (χ3v) is 6.93. The number of nitrogens with two attached hydrogens (primary N) is 1. The van der Waals surface area contributed by atoms with E-state index in [2.05, 4.69) is 10.6 Å². The standard InChI is InChI=1S/C23H36N4O6/c1-23(2,3)33-22(32)25-11-17(28)27-12-14-8-5-9-15(14)18(27)21(31)26-16(19(29)20(24)30)10-13-6-4-7-13/h13-16,18H,4-12H2,1-3H3,(H2,24,30)(H,25,32)(H,26,31)/t14-,15-,16?,18-/m0/s1. The summed E-state index contributed by atoms with van der Waals surface area (Å²) in [6.45, 7) is 5.32. The number of nitrogens with zero attached hydrogens (tertiary/aromatic N) is 1. The molecule has 4 N–H and O–H groups in total. The average molecular weight is 465 g/mol. The number of Topliss-reactive ketones (excluding diaryl/α,β-unsaturated/α-hetero) is 1. The minimum absolute atomic E-state index is 0.0106. The van der Waals surface area contributed by atoms with Gasteiger partial charge in [-0.05, 0) is 57.8 Å². The second kappa shape index (κ2) is 10.1. The van der Waals surface area contributed by atoms with Gasteiger partial charge in [0.15, 0.2) is 0 Å². The monoisotopic (exact) mass is 464 g/mol. The fourth-order valence-corrected chi connectivity index (χ4v) is 5.18. The lowest BCUT2D eigenvalue weighted by atomic mass is 9.80. The van der Waals surface area contributed by atoms with Gasteiger partial charge >= 0.3 is 6.09 Å². The molecule has 0 radical (unpaired) electrons. The summed E-state index contributed by atoms with van der Waals surface area (Å²) in [6.07, 6.45) is 5.35. The SMILES string of the molecule is CC(C)(C)OC(=O)NCC(=O)N1C[C@@H]2CCC[C@@H]2[C@H]1C(=O)NC(CC1CCC1)C(=O)C(N)=O. The van der Waals surface area contributed by atoms with E-state index in [9.17, 15) is 24.0 Å². The highest BCUT2D eigenvalue weighted by Gasteiger charge is 2.50. The Kier molecular flexibility index (Phi) is 7.64. The molecule has 0 aromatic carbocycles. The van der Waals surface area contributed by atoms with Crippen molar-refractivity contribution in [2.45, 2.75) is 83.4 Å². The molecular formula is C23H36N4O6. The number of ether oxygens (including phenoxy) is 1. The van der Waals surface area contributed by atoms with Crippen LogP contribution in [0.4, 0.5) is 4.79 Å². The lowest BCUT2D eigenvalue weighted by Crippen LogP contribution is -2.56. The summed E-state index contributed by atoms with van der Waals surface area (Å²) < 4.78 is 5.17. The van der Waals surface area contributed by atoms with E-state index < -0.39 is 41.4 Å². The number of ketones is 1. The molecule has 1 heterocycles. The minimum Gasteiger partial charge on any atom is -0.444 e. The lowest BCUT2D eigenvalue weighted by Gasteiger charge is -2.32. The average Bonchev–Trinajstić information content (AvgIpc) is 3.26. The van der Waals surface area contributed by atoms with E-state index in [1.807, 2.05) is 0 Å². The van der Waals surface area contributed by atoms with E-state index in [1.165, 1.54) is 4.90 Å². The van der Waals surface area contributed by atoms with Gasteiger partial charge in [0, 0.05) is 6.54 Å². The first-order valence-electron chi connectivity index (χ1n) is 11.9. The van der Waals surface area contributed by atoms with E-state index in [4.69, 9.17) is 10.5 Å². The van der Waals surface area contributed by atoms with Gasteiger partial charge in [0.25, 0.3) is 5.91 Å². The minimum atomic E-state index is -1.07. The van der Waals surface area contributed by atoms with Gasteiger partial charge in [0.05, 0.1) is 6.04 Å². The van der Waals surface area contributed by atoms with Gasteiger partial charge in [0.2, 0.25) is 17.6 Å². The van der Waals surface area contributed by atoms with Crippen LogP contribution >= 0.6 is 0 Å². The quantitative estimate of drug-likeness (QED) is 0.454. The molecule has 4 atom stereocenters. The van der Waals surface area contributed by atoms with Crippen LogP contribution in [0.5, 0.6) is 0 Å². The van der Waals surface area contributed by atoms with E-state index >= 15 is 0 Å². The number of rotatable bonds is 8. The van der Waals surface area contributed by atoms with Crippen molar-refractivity contribution in [1.29, 1.82) is 0 Å². The van der Waals surface area contributed by atoms with Gasteiger partial charge in [-0.15, -0.1) is 0 Å². The molecule has 3 rings (SSSR count). The van der Waals surface area contributed by atoms with Crippen LogP contribution in [0.15, 0.2) is 0 Å². The normalized spacial score (nSPS) is 25.5. The molecule has 1 aliphatic heterocycles. The molecule has 3 fully saturated rings. The Hall–Kier alpha value is -2.65. The number of fused-ring (bicyclic) bond motifs is 1. The summed E-state index contributed by atoms with van der Waals surface area (Å²) in [5.41, 5.74) is 4.53. The van der Waals surface area contributed by atoms with E-state index in [-0.39, 0.29) is 30.2 Å². The van der Waals surface area contributed by atoms with Crippen molar-refractivity contribution in [2.75, 3.05) is 13.1 Å². The van der Waals surface area contributed by atoms with Gasteiger partial charge in [-0.1, -0.05) is 25.7 Å². The summed E-state index contributed by atoms with van der Waals surface area (Å²) in [5.74, 6) is -2.23. The number of amides is 4. The molecule has 3 aliphatic rings. The molecule has 4 amide bonds. The number of alkyl carbamates (subject to hydrolysis) is 1. The molecular weight excluding hydrogens is 428 g/mol. The Bertz CT molecular complexity index is 803. The molecule has 2 saturated carbocycles. The van der Waals surface area contributed by atoms with Gasteiger partial charge in [-0.3, -0.25) is 19.2 Å². The molecule has 184 valence electrons. The zero-order valence-electron chi connectivity index (χ0n) is 19.7. The molecule has 2 aliphatic carbocycles. The fourth-order valence-electron chi connectivity index (χ4n) is 5.18. The van der Waals surface area contributed by atoms with Crippen molar-refractivity contribution in [3.05, 3.63) is 0 Å². The topological polar surface area (TPSA) is 148 Å². The number of carbonyl (C=O) groups excluding carboxylic acids is 5. The lowest BCUT2D eigenvalue weighted by molar-refractivity contribution is -0.142. The first-order chi connectivity index (χ1) is 15.5. The third-order valence-electron chi connectivity index (χ3n) is 6.93. The molecule has 0 aromatic heterocycles. The summed E-state index contributed by atoms with van der Waals surface area (Å²) in [4.78, 5) is 63.6. The van der Waals surface area contributed by atoms with Crippen molar-refractivity contribution in [3.63, 3.8) is 0 Å². The van der Waals surface area contributed by atoms with Crippen molar-refractivity contribution >= 4 is 29.6 Å². The second-order valence-corrected chi connectivity index (χ2v) is 10.5. The summed E-state index contributed by atoms with van der Waals surface area (Å²) >= 11 is 0. The Labute approximate surface area is 194 Å². The number of hydrogen-bond donors (Lipinski definition) is 3. The number of likely N-dealkylation sites (tertiary alicyclic amines) is 1. The van der Waals surface area contributed by atoms with Crippen LogP contribution in [-0.4, -0.2) is 65.3 Å². The molecule has 0 aromatic rings. The second-order valence-electron chi connectivity index (χ2n) is 10.5. The molecule has 1 unspecified atom stereocenters. The Balaban J connectivity index is 1.68. The molecule has 33 heavy (non-hydrogen) atoms. The van der Waals surface area contributed by atoms with Crippen molar-refractivity contribution in [2.24, 2.45) is 23.5 Å². The molecule has 10 heteroatoms. The molecule has 10 nitrogen and oxygen atoms in total. The zero-order chi connectivity index (χ0) is 24.3. The van der Waals surface area contributed by atoms with Gasteiger partial charge in [0.1, 0.15) is 18.2 Å². The maximum absolute atomic E-state index is 13.3. The highest BCUT2D eigenvalue weighted by atomic mass is 16.6. The Morgan fingerprint density at radius 2 is 1.73 bits per heavy atom. The van der Waals surface area contributed by atoms with Gasteiger partial charge < -0.3 is 26.0 Å². The molecule has 0 bridgehead atoms. The van der Waals surface area contributed by atoms with Crippen molar-refractivity contribution in [3.8, 4) is 0 Å². The smallest absolute Gasteiger partial charge is 0.408 e. The van der Waals surface area contributed by atoms with Crippen molar-refractivity contribution in [1.82, 2.24) is 15.5 Å². The zero-order valence-corrected chi connectivity index (χ0v) is 19.7. The number of nitrogens with one attached hydrogen (secondary N) is 2. The van der Waals surface area contributed by atoms with Crippen LogP contribution in [0.3, 0.4) is 0 Å². The molecule has 1 saturated heterocycles. The number of primary amides is 1. The summed E-state index contributed by atoms with van der Waals surface area (Å²) in [6, 6.07) is -1.72. The van der Waals surface area contributed by atoms with E-state index in [0.717, 1.165) is 38.5 Å². The fraction of sp³-hybridized carbons (Fsp3) is 0.783. The van der Waals surface area contributed by atoms with Crippen LogP contribution in [0, 0.1) is 17.8 Å². The third kappa shape index (κ3) is 6.23. The Morgan fingerprint density at radius 1 is 1.06 bits per heavy atom. The maximum Gasteiger partial charge on any atom is 0.408 e. The van der Waals surface area contributed by atoms with Crippen LogP contribution < -0.4 is 16.4 Å². The first kappa shape index (κ1) is 25.0. The van der Waals surface area contributed by atoms with E-state index in [1.54, 1.807) is 20.8 Å². The van der Waals surface area contributed by atoms with Crippen LogP contribution in [-0.2, 0) is 23.9 Å². The van der Waals surface area contributed by atoms with Crippen LogP contribution in [0.25, 0.3) is 0 Å². The van der Waals surface area contributed by atoms with Gasteiger partial charge in [-0.25, -0.2) is 4.79 Å². The van der Waals surface area contributed by atoms with Crippen molar-refractivity contribution < 1.29 is 28.7 Å². The number of hydrogen-bond acceptors (Lipinski definition) is 6. The molecule has 0 spiro atoms. The highest BCUT2D eigenvalue weighted by Crippen LogP contribution is 2.42. The predicted molar refractivity (Wildman–Crippen MR) is 119 cm³/mol. The predicted octanol–water partition coefficient (Wildman–Crippen LogP) is 0.868. The van der Waals surface area contributed by atoms with E-state index in [0.29, 0.717) is 13.0 Å². The largest absolute Gasteiger partial charge is 0.444 e. The summed E-state index contributed by atoms with van der Waals surface area (Å²) in [7, 11) is 0. The number of carbonyl (C=O) groups is 5. The Morgan fingerprint density at radius 3 is 2.30 bits per heavy atom. The summed E-state index contributed by atoms with van der Waals surface area (Å²) in [5, 5.41) is 5.19.